The van der Waals surface area contributed by atoms with E-state index in [1.54, 1.807) is 6.20 Å². The smallest absolute Gasteiger partial charge is 0.143 e. The summed E-state index contributed by atoms with van der Waals surface area (Å²) < 4.78 is 6.57. The van der Waals surface area contributed by atoms with Crippen molar-refractivity contribution < 1.29 is 4.74 Å². The summed E-state index contributed by atoms with van der Waals surface area (Å²) in [7, 11) is 1.86. The van der Waals surface area contributed by atoms with Crippen LogP contribution in [0.25, 0.3) is 0 Å². The highest BCUT2D eigenvalue weighted by Crippen LogP contribution is 2.20. The number of ether oxygens (including phenoxy) is 1. The topological polar surface area (TPSA) is 47.0 Å². The number of nitrogens with zero attached hydrogens (tertiary/aromatic N) is 2. The Bertz CT molecular complexity index is 353. The zero-order valence-corrected chi connectivity index (χ0v) is 11.0. The van der Waals surface area contributed by atoms with E-state index in [0.717, 1.165) is 35.6 Å². The summed E-state index contributed by atoms with van der Waals surface area (Å²) in [6, 6.07) is 0. The maximum absolute atomic E-state index is 5.67. The second-order valence-corrected chi connectivity index (χ2v) is 4.78. The molecule has 1 aromatic rings. The molecule has 1 saturated heterocycles. The Morgan fingerprint density at radius 2 is 2.44 bits per heavy atom. The number of rotatable bonds is 3. The standard InChI is InChI=1S/C11H16BrN3O/c1-13-11-9(12)7-14-10(15-11)6-8-4-2-3-5-16-8/h7-8H,2-6H2,1H3,(H,13,14,15). The summed E-state index contributed by atoms with van der Waals surface area (Å²) in [6.45, 7) is 0.875. The Hall–Kier alpha value is -0.680. The fourth-order valence-electron chi connectivity index (χ4n) is 1.85. The number of nitrogens with one attached hydrogen (secondary N) is 1. The highest BCUT2D eigenvalue weighted by Gasteiger charge is 2.16. The average molecular weight is 286 g/mol. The number of hydrogen-bond acceptors (Lipinski definition) is 4. The number of anilines is 1. The first-order valence-corrected chi connectivity index (χ1v) is 6.39. The van der Waals surface area contributed by atoms with Gasteiger partial charge in [0.15, 0.2) is 0 Å². The van der Waals surface area contributed by atoms with Gasteiger partial charge in [-0.15, -0.1) is 0 Å². The number of halogens is 1. The summed E-state index contributed by atoms with van der Waals surface area (Å²) in [6.07, 6.45) is 6.44. The quantitative estimate of drug-likeness (QED) is 0.926. The molecule has 1 aromatic heterocycles. The van der Waals surface area contributed by atoms with E-state index in [1.807, 2.05) is 7.05 Å². The van der Waals surface area contributed by atoms with Crippen LogP contribution in [0.1, 0.15) is 25.1 Å². The summed E-state index contributed by atoms with van der Waals surface area (Å²) >= 11 is 3.40. The lowest BCUT2D eigenvalue weighted by Gasteiger charge is -2.21. The minimum atomic E-state index is 0.291. The van der Waals surface area contributed by atoms with E-state index in [-0.39, 0.29) is 0 Å². The number of aromatic nitrogens is 2. The first-order chi connectivity index (χ1) is 7.79. The molecule has 5 heteroatoms. The van der Waals surface area contributed by atoms with Crippen LogP contribution >= 0.6 is 15.9 Å². The van der Waals surface area contributed by atoms with Crippen LogP contribution in [0.5, 0.6) is 0 Å². The van der Waals surface area contributed by atoms with Crippen LogP contribution in [0.3, 0.4) is 0 Å². The largest absolute Gasteiger partial charge is 0.378 e. The molecular formula is C11H16BrN3O. The van der Waals surface area contributed by atoms with Crippen LogP contribution in [0, 0.1) is 0 Å². The SMILES string of the molecule is CNc1nc(CC2CCCCO2)ncc1Br. The van der Waals surface area contributed by atoms with Crippen molar-refractivity contribution >= 4 is 21.7 Å². The molecule has 0 aliphatic carbocycles. The predicted molar refractivity (Wildman–Crippen MR) is 66.6 cm³/mol. The number of hydrogen-bond donors (Lipinski definition) is 1. The Kier molecular flexibility index (Phi) is 4.12. The Labute approximate surface area is 104 Å². The molecule has 88 valence electrons. The molecule has 1 fully saturated rings. The molecule has 1 atom stereocenters. The lowest BCUT2D eigenvalue weighted by Crippen LogP contribution is -2.22. The van der Waals surface area contributed by atoms with E-state index in [1.165, 1.54) is 12.8 Å². The van der Waals surface area contributed by atoms with Crippen LogP contribution in [0.4, 0.5) is 5.82 Å². The summed E-state index contributed by atoms with van der Waals surface area (Å²) in [5.74, 6) is 1.68. The lowest BCUT2D eigenvalue weighted by atomic mass is 10.1. The van der Waals surface area contributed by atoms with Crippen molar-refractivity contribution in [3.63, 3.8) is 0 Å². The second-order valence-electron chi connectivity index (χ2n) is 3.93. The van der Waals surface area contributed by atoms with Gasteiger partial charge in [-0.1, -0.05) is 0 Å². The van der Waals surface area contributed by atoms with Gasteiger partial charge >= 0.3 is 0 Å². The van der Waals surface area contributed by atoms with Crippen LogP contribution in [-0.2, 0) is 11.2 Å². The minimum Gasteiger partial charge on any atom is -0.378 e. The fraction of sp³-hybridized carbons (Fsp3) is 0.636. The first kappa shape index (κ1) is 11.8. The van der Waals surface area contributed by atoms with E-state index >= 15 is 0 Å². The third kappa shape index (κ3) is 2.92. The van der Waals surface area contributed by atoms with Crippen molar-refractivity contribution in [2.45, 2.75) is 31.8 Å². The Balaban J connectivity index is 2.03. The molecule has 2 rings (SSSR count). The molecule has 0 bridgehead atoms. The molecule has 0 aromatic carbocycles. The molecule has 4 nitrogen and oxygen atoms in total. The Morgan fingerprint density at radius 3 is 3.12 bits per heavy atom. The summed E-state index contributed by atoms with van der Waals surface area (Å²) in [5.41, 5.74) is 0. The summed E-state index contributed by atoms with van der Waals surface area (Å²) in [5, 5.41) is 3.03. The van der Waals surface area contributed by atoms with E-state index < -0.39 is 0 Å². The van der Waals surface area contributed by atoms with Crippen molar-refractivity contribution in [1.82, 2.24) is 9.97 Å². The molecule has 0 radical (unpaired) electrons. The van der Waals surface area contributed by atoms with Gasteiger partial charge in [0, 0.05) is 26.3 Å². The molecule has 0 spiro atoms. The molecule has 1 aliphatic rings. The van der Waals surface area contributed by atoms with Crippen molar-refractivity contribution in [1.29, 1.82) is 0 Å². The highest BCUT2D eigenvalue weighted by molar-refractivity contribution is 9.10. The average Bonchev–Trinajstić information content (AvgIpc) is 2.33. The van der Waals surface area contributed by atoms with E-state index in [9.17, 15) is 0 Å². The van der Waals surface area contributed by atoms with Gasteiger partial charge in [-0.3, -0.25) is 0 Å². The third-order valence-corrected chi connectivity index (χ3v) is 3.30. The van der Waals surface area contributed by atoms with Gasteiger partial charge in [0.2, 0.25) is 0 Å². The molecule has 2 heterocycles. The van der Waals surface area contributed by atoms with E-state index in [2.05, 4.69) is 31.2 Å². The molecule has 0 amide bonds. The van der Waals surface area contributed by atoms with Crippen LogP contribution in [0.15, 0.2) is 10.7 Å². The van der Waals surface area contributed by atoms with Crippen molar-refractivity contribution in [3.05, 3.63) is 16.5 Å². The van der Waals surface area contributed by atoms with Gasteiger partial charge in [0.1, 0.15) is 11.6 Å². The van der Waals surface area contributed by atoms with Crippen LogP contribution in [0.2, 0.25) is 0 Å². The van der Waals surface area contributed by atoms with E-state index in [0.29, 0.717) is 6.10 Å². The first-order valence-electron chi connectivity index (χ1n) is 5.60. The van der Waals surface area contributed by atoms with Crippen LogP contribution < -0.4 is 5.32 Å². The minimum absolute atomic E-state index is 0.291. The molecule has 1 unspecified atom stereocenters. The van der Waals surface area contributed by atoms with Gasteiger partial charge in [-0.05, 0) is 35.2 Å². The van der Waals surface area contributed by atoms with Crippen molar-refractivity contribution in [2.24, 2.45) is 0 Å². The molecule has 0 saturated carbocycles. The van der Waals surface area contributed by atoms with Gasteiger partial charge in [-0.2, -0.15) is 0 Å². The second kappa shape index (κ2) is 5.59. The predicted octanol–water partition coefficient (Wildman–Crippen LogP) is 2.39. The van der Waals surface area contributed by atoms with Gasteiger partial charge in [-0.25, -0.2) is 9.97 Å². The van der Waals surface area contributed by atoms with Gasteiger partial charge in [0.05, 0.1) is 10.6 Å². The van der Waals surface area contributed by atoms with Crippen molar-refractivity contribution in [3.8, 4) is 0 Å². The highest BCUT2D eigenvalue weighted by atomic mass is 79.9. The van der Waals surface area contributed by atoms with Gasteiger partial charge < -0.3 is 10.1 Å². The normalized spacial score (nSPS) is 20.8. The molecular weight excluding hydrogens is 270 g/mol. The maximum atomic E-state index is 5.67. The lowest BCUT2D eigenvalue weighted by molar-refractivity contribution is 0.0156. The third-order valence-electron chi connectivity index (χ3n) is 2.72. The fourth-order valence-corrected chi connectivity index (χ4v) is 2.24. The molecule has 1 N–H and O–H groups in total. The zero-order chi connectivity index (χ0) is 11.4. The molecule has 16 heavy (non-hydrogen) atoms. The Morgan fingerprint density at radius 1 is 1.56 bits per heavy atom. The van der Waals surface area contributed by atoms with E-state index in [4.69, 9.17) is 4.74 Å². The monoisotopic (exact) mass is 285 g/mol. The van der Waals surface area contributed by atoms with Crippen molar-refractivity contribution in [2.75, 3.05) is 19.0 Å². The van der Waals surface area contributed by atoms with Gasteiger partial charge in [0.25, 0.3) is 0 Å². The maximum Gasteiger partial charge on any atom is 0.143 e. The molecule has 1 aliphatic heterocycles. The summed E-state index contributed by atoms with van der Waals surface area (Å²) in [4.78, 5) is 8.74. The van der Waals surface area contributed by atoms with Crippen LogP contribution in [-0.4, -0.2) is 29.7 Å². The zero-order valence-electron chi connectivity index (χ0n) is 9.37.